The molecule has 0 radical (unpaired) electrons. The maximum Gasteiger partial charge on any atom is 0.276 e. The van der Waals surface area contributed by atoms with E-state index in [2.05, 4.69) is 68.8 Å². The standard InChI is InChI=1S/C17H20N6O/c1-11-3-5-12(6-4-11)13-9-14(21-20-13)17-19-16(22-24-17)15-10-18-7-8-23(15)2/h3-6,9,15,18H,7-8,10H2,1-2H3,(H,20,21). The largest absolute Gasteiger partial charge is 0.332 e. The van der Waals surface area contributed by atoms with Crippen LogP contribution >= 0.6 is 0 Å². The van der Waals surface area contributed by atoms with Gasteiger partial charge in [0.15, 0.2) is 5.82 Å². The first-order chi connectivity index (χ1) is 11.7. The zero-order valence-corrected chi connectivity index (χ0v) is 13.8. The maximum atomic E-state index is 5.43. The molecule has 1 aromatic carbocycles. The Kier molecular flexibility index (Phi) is 3.87. The summed E-state index contributed by atoms with van der Waals surface area (Å²) in [5.41, 5.74) is 3.87. The molecule has 1 fully saturated rings. The van der Waals surface area contributed by atoms with Gasteiger partial charge in [-0.25, -0.2) is 0 Å². The van der Waals surface area contributed by atoms with Crippen LogP contribution in [0.5, 0.6) is 0 Å². The van der Waals surface area contributed by atoms with Crippen molar-refractivity contribution >= 4 is 0 Å². The minimum absolute atomic E-state index is 0.135. The van der Waals surface area contributed by atoms with E-state index in [1.165, 1.54) is 5.56 Å². The first kappa shape index (κ1) is 15.0. The number of nitrogens with one attached hydrogen (secondary N) is 2. The zero-order chi connectivity index (χ0) is 16.5. The van der Waals surface area contributed by atoms with Crippen molar-refractivity contribution < 1.29 is 4.52 Å². The van der Waals surface area contributed by atoms with E-state index in [1.54, 1.807) is 0 Å². The Morgan fingerprint density at radius 2 is 2.08 bits per heavy atom. The predicted octanol–water partition coefficient (Wildman–Crippen LogP) is 2.01. The van der Waals surface area contributed by atoms with E-state index in [9.17, 15) is 0 Å². The molecular formula is C17H20N6O. The van der Waals surface area contributed by atoms with Crippen molar-refractivity contribution in [2.45, 2.75) is 13.0 Å². The average Bonchev–Trinajstić information content (AvgIpc) is 3.25. The Hall–Kier alpha value is -2.51. The number of likely N-dealkylation sites (N-methyl/N-ethyl adjacent to an activating group) is 1. The summed E-state index contributed by atoms with van der Waals surface area (Å²) in [6.45, 7) is 4.85. The lowest BCUT2D eigenvalue weighted by atomic mass is 10.1. The molecule has 3 aromatic rings. The molecule has 1 saturated heterocycles. The summed E-state index contributed by atoms with van der Waals surface area (Å²) in [6.07, 6.45) is 0. The van der Waals surface area contributed by atoms with Crippen molar-refractivity contribution in [3.8, 4) is 22.8 Å². The predicted molar refractivity (Wildman–Crippen MR) is 90.3 cm³/mol. The monoisotopic (exact) mass is 324 g/mol. The van der Waals surface area contributed by atoms with Crippen LogP contribution < -0.4 is 5.32 Å². The average molecular weight is 324 g/mol. The van der Waals surface area contributed by atoms with Crippen molar-refractivity contribution in [1.29, 1.82) is 0 Å². The van der Waals surface area contributed by atoms with Crippen LogP contribution in [0.25, 0.3) is 22.8 Å². The number of aryl methyl sites for hydroxylation is 1. The van der Waals surface area contributed by atoms with Crippen LogP contribution in [0.2, 0.25) is 0 Å². The Morgan fingerprint density at radius 1 is 1.25 bits per heavy atom. The van der Waals surface area contributed by atoms with Gasteiger partial charge < -0.3 is 9.84 Å². The SMILES string of the molecule is Cc1ccc(-c2cc(-c3nc(C4CNCCN4C)no3)[nH]n2)cc1. The lowest BCUT2D eigenvalue weighted by Crippen LogP contribution is -2.44. The van der Waals surface area contributed by atoms with Crippen molar-refractivity contribution in [3.63, 3.8) is 0 Å². The first-order valence-electron chi connectivity index (χ1n) is 8.08. The van der Waals surface area contributed by atoms with E-state index in [0.717, 1.165) is 36.6 Å². The van der Waals surface area contributed by atoms with Gasteiger partial charge in [0.25, 0.3) is 5.89 Å². The fourth-order valence-corrected chi connectivity index (χ4v) is 2.88. The number of hydrogen-bond acceptors (Lipinski definition) is 6. The second-order valence-electron chi connectivity index (χ2n) is 6.19. The highest BCUT2D eigenvalue weighted by Crippen LogP contribution is 2.25. The van der Waals surface area contributed by atoms with Gasteiger partial charge in [0.05, 0.1) is 11.7 Å². The van der Waals surface area contributed by atoms with Gasteiger partial charge >= 0.3 is 0 Å². The number of rotatable bonds is 3. The molecule has 124 valence electrons. The lowest BCUT2D eigenvalue weighted by Gasteiger charge is -2.30. The van der Waals surface area contributed by atoms with E-state index in [0.29, 0.717) is 11.7 Å². The van der Waals surface area contributed by atoms with Crippen molar-refractivity contribution in [1.82, 2.24) is 30.6 Å². The highest BCUT2D eigenvalue weighted by Gasteiger charge is 2.25. The Bertz CT molecular complexity index is 822. The van der Waals surface area contributed by atoms with Gasteiger partial charge in [-0.2, -0.15) is 10.1 Å². The molecule has 1 unspecified atom stereocenters. The molecule has 24 heavy (non-hydrogen) atoms. The molecule has 0 spiro atoms. The molecule has 0 bridgehead atoms. The summed E-state index contributed by atoms with van der Waals surface area (Å²) in [5, 5.41) is 14.8. The van der Waals surface area contributed by atoms with Crippen molar-refractivity contribution in [2.24, 2.45) is 0 Å². The third-order valence-electron chi connectivity index (χ3n) is 4.41. The van der Waals surface area contributed by atoms with Gasteiger partial charge in [0.1, 0.15) is 5.69 Å². The van der Waals surface area contributed by atoms with Crippen LogP contribution in [0.3, 0.4) is 0 Å². The summed E-state index contributed by atoms with van der Waals surface area (Å²) < 4.78 is 5.43. The van der Waals surface area contributed by atoms with Crippen LogP contribution in [0.15, 0.2) is 34.9 Å². The molecule has 7 nitrogen and oxygen atoms in total. The summed E-state index contributed by atoms with van der Waals surface area (Å²) in [5.74, 6) is 1.17. The number of nitrogens with zero attached hydrogens (tertiary/aromatic N) is 4. The second kappa shape index (κ2) is 6.18. The van der Waals surface area contributed by atoms with E-state index in [4.69, 9.17) is 4.52 Å². The number of hydrogen-bond donors (Lipinski definition) is 2. The number of H-pyrrole nitrogens is 1. The fraction of sp³-hybridized carbons (Fsp3) is 0.353. The molecule has 7 heteroatoms. The third kappa shape index (κ3) is 2.83. The van der Waals surface area contributed by atoms with Crippen molar-refractivity contribution in [3.05, 3.63) is 41.7 Å². The maximum absolute atomic E-state index is 5.43. The first-order valence-corrected chi connectivity index (χ1v) is 8.08. The molecule has 1 aliphatic rings. The third-order valence-corrected chi connectivity index (χ3v) is 4.41. The van der Waals surface area contributed by atoms with Crippen LogP contribution in [0, 0.1) is 6.92 Å². The Balaban J connectivity index is 1.58. The highest BCUT2D eigenvalue weighted by atomic mass is 16.5. The number of aromatic nitrogens is 4. The molecular weight excluding hydrogens is 304 g/mol. The lowest BCUT2D eigenvalue weighted by molar-refractivity contribution is 0.190. The molecule has 1 atom stereocenters. The normalized spacial score (nSPS) is 18.8. The van der Waals surface area contributed by atoms with Crippen LogP contribution in [-0.4, -0.2) is 51.9 Å². The number of piperazine rings is 1. The molecule has 4 rings (SSSR count). The van der Waals surface area contributed by atoms with Crippen LogP contribution in [-0.2, 0) is 0 Å². The number of benzene rings is 1. The molecule has 3 heterocycles. The summed E-state index contributed by atoms with van der Waals surface area (Å²) >= 11 is 0. The minimum Gasteiger partial charge on any atom is -0.332 e. The molecule has 0 aliphatic carbocycles. The van der Waals surface area contributed by atoms with Gasteiger partial charge in [-0.15, -0.1) is 0 Å². The Labute approximate surface area is 140 Å². The van der Waals surface area contributed by atoms with Gasteiger partial charge in [0, 0.05) is 25.2 Å². The molecule has 2 aromatic heterocycles. The van der Waals surface area contributed by atoms with Crippen molar-refractivity contribution in [2.75, 3.05) is 26.7 Å². The molecule has 0 amide bonds. The summed E-state index contributed by atoms with van der Waals surface area (Å²) in [7, 11) is 2.08. The zero-order valence-electron chi connectivity index (χ0n) is 13.8. The summed E-state index contributed by atoms with van der Waals surface area (Å²) in [6, 6.07) is 10.3. The molecule has 2 N–H and O–H groups in total. The number of aromatic amines is 1. The van der Waals surface area contributed by atoms with E-state index >= 15 is 0 Å². The topological polar surface area (TPSA) is 82.9 Å². The fourth-order valence-electron chi connectivity index (χ4n) is 2.88. The molecule has 1 aliphatic heterocycles. The quantitative estimate of drug-likeness (QED) is 0.767. The van der Waals surface area contributed by atoms with Crippen LogP contribution in [0.4, 0.5) is 0 Å². The van der Waals surface area contributed by atoms with E-state index in [1.807, 2.05) is 6.07 Å². The smallest absolute Gasteiger partial charge is 0.276 e. The molecule has 0 saturated carbocycles. The second-order valence-corrected chi connectivity index (χ2v) is 6.19. The van der Waals surface area contributed by atoms with Gasteiger partial charge in [-0.05, 0) is 20.0 Å². The van der Waals surface area contributed by atoms with Gasteiger partial charge in [0.2, 0.25) is 0 Å². The Morgan fingerprint density at radius 3 is 2.88 bits per heavy atom. The van der Waals surface area contributed by atoms with E-state index in [-0.39, 0.29) is 6.04 Å². The van der Waals surface area contributed by atoms with Crippen LogP contribution in [0.1, 0.15) is 17.4 Å². The van der Waals surface area contributed by atoms with E-state index < -0.39 is 0 Å². The minimum atomic E-state index is 0.135. The van der Waals surface area contributed by atoms with Gasteiger partial charge in [-0.1, -0.05) is 35.0 Å². The van der Waals surface area contributed by atoms with Gasteiger partial charge in [-0.3, -0.25) is 10.00 Å². The highest BCUT2D eigenvalue weighted by molar-refractivity contribution is 5.64. The summed E-state index contributed by atoms with van der Waals surface area (Å²) in [4.78, 5) is 6.78.